The maximum absolute atomic E-state index is 10.5. The topological polar surface area (TPSA) is 86.6 Å². The van der Waals surface area contributed by atoms with Crippen LogP contribution >= 0.6 is 0 Å². The fourth-order valence-electron chi connectivity index (χ4n) is 1.35. The zero-order valence-electron chi connectivity index (χ0n) is 10.8. The fraction of sp³-hybridized carbons (Fsp3) is 0.333. The van der Waals surface area contributed by atoms with Crippen molar-refractivity contribution in [3.63, 3.8) is 0 Å². The molecular weight excluding hydrogens is 254 g/mol. The molecule has 0 aromatic heterocycles. The van der Waals surface area contributed by atoms with Crippen molar-refractivity contribution in [2.24, 2.45) is 0 Å². The van der Waals surface area contributed by atoms with Crippen LogP contribution in [0.15, 0.2) is 36.1 Å². The van der Waals surface area contributed by atoms with Crippen LogP contribution in [-0.2, 0) is 0 Å². The first kappa shape index (κ1) is 20.6. The monoisotopic (exact) mass is 268 g/mol. The molecule has 0 bridgehead atoms. The first-order valence-electron chi connectivity index (χ1n) is 5.10. The summed E-state index contributed by atoms with van der Waals surface area (Å²) in [5, 5.41) is 38.2. The van der Waals surface area contributed by atoms with E-state index in [-0.39, 0.29) is 76.4 Å². The Balaban J connectivity index is 0. The van der Waals surface area contributed by atoms with E-state index in [9.17, 15) is 10.2 Å². The molecular formula is C12H14Na2O4. The summed E-state index contributed by atoms with van der Waals surface area (Å²) in [6.45, 7) is 0. The molecule has 0 amide bonds. The van der Waals surface area contributed by atoms with Gasteiger partial charge in [-0.05, 0) is 31.4 Å². The number of hydrogen-bond donors (Lipinski definition) is 2. The van der Waals surface area contributed by atoms with Crippen LogP contribution in [0.1, 0.15) is 19.3 Å². The smallest absolute Gasteiger partial charge is 0.876 e. The van der Waals surface area contributed by atoms with Crippen molar-refractivity contribution in [3.05, 3.63) is 36.1 Å². The number of aliphatic hydroxyl groups excluding tert-OH is 1. The number of benzene rings is 1. The van der Waals surface area contributed by atoms with Gasteiger partial charge in [0.15, 0.2) is 0 Å². The summed E-state index contributed by atoms with van der Waals surface area (Å²) >= 11 is 0. The molecule has 1 aromatic rings. The van der Waals surface area contributed by atoms with Gasteiger partial charge in [0, 0.05) is 0 Å². The first-order valence-corrected chi connectivity index (χ1v) is 5.10. The number of hydrogen-bond acceptors (Lipinski definition) is 4. The van der Waals surface area contributed by atoms with Crippen molar-refractivity contribution in [3.8, 4) is 11.5 Å². The molecule has 1 aliphatic rings. The Morgan fingerprint density at radius 1 is 1.17 bits per heavy atom. The van der Waals surface area contributed by atoms with Crippen molar-refractivity contribution in [2.45, 2.75) is 25.4 Å². The summed E-state index contributed by atoms with van der Waals surface area (Å²) in [5.41, 5.74) is 0. The van der Waals surface area contributed by atoms with E-state index in [0.29, 0.717) is 6.42 Å². The van der Waals surface area contributed by atoms with Gasteiger partial charge in [-0.25, -0.2) is 0 Å². The summed E-state index contributed by atoms with van der Waals surface area (Å²) < 4.78 is 0. The number of phenolic OH excluding ortho intramolecular Hbond substituents is 1. The van der Waals surface area contributed by atoms with Crippen LogP contribution in [-0.4, -0.2) is 16.3 Å². The van der Waals surface area contributed by atoms with E-state index in [0.717, 1.165) is 12.8 Å². The second-order valence-electron chi connectivity index (χ2n) is 3.59. The Hall–Kier alpha value is 0.320. The minimum absolute atomic E-state index is 0. The second kappa shape index (κ2) is 11.2. The van der Waals surface area contributed by atoms with E-state index < -0.39 is 6.10 Å². The molecule has 2 rings (SSSR count). The van der Waals surface area contributed by atoms with Gasteiger partial charge in [0.1, 0.15) is 5.75 Å². The standard InChI is InChI=1S/C6H10O2.C6H6O2.2Na/c2*7-5-2-1-3-6(8)4-5;;/h4-5,7-8H,1-3H2;1-4,7-8H;;/q;;2*+1/p-2. The van der Waals surface area contributed by atoms with E-state index in [4.69, 9.17) is 10.2 Å². The van der Waals surface area contributed by atoms with Crippen LogP contribution in [0.3, 0.4) is 0 Å². The number of aromatic hydroxyl groups is 1. The average Bonchev–Trinajstić information content (AvgIpc) is 2.17. The molecule has 0 saturated carbocycles. The van der Waals surface area contributed by atoms with Crippen molar-refractivity contribution < 1.29 is 79.5 Å². The third kappa shape index (κ3) is 9.28. The Kier molecular flexibility index (Phi) is 12.8. The quantitative estimate of drug-likeness (QED) is 0.459. The van der Waals surface area contributed by atoms with Crippen molar-refractivity contribution in [1.29, 1.82) is 0 Å². The van der Waals surface area contributed by atoms with Crippen LogP contribution in [0.2, 0.25) is 0 Å². The van der Waals surface area contributed by atoms with E-state index in [1.807, 2.05) is 0 Å². The molecule has 18 heavy (non-hydrogen) atoms. The number of rotatable bonds is 0. The van der Waals surface area contributed by atoms with Gasteiger partial charge in [-0.15, -0.1) is 11.5 Å². The summed E-state index contributed by atoms with van der Waals surface area (Å²) in [6.07, 6.45) is 3.15. The zero-order valence-corrected chi connectivity index (χ0v) is 14.8. The molecule has 0 aliphatic heterocycles. The number of allylic oxidation sites excluding steroid dienone is 1. The molecule has 0 heterocycles. The maximum atomic E-state index is 10.5. The minimum atomic E-state index is -0.462. The first-order chi connectivity index (χ1) is 7.58. The molecule has 2 N–H and O–H groups in total. The van der Waals surface area contributed by atoms with Crippen LogP contribution in [0.25, 0.3) is 0 Å². The van der Waals surface area contributed by atoms with Gasteiger partial charge in [0.25, 0.3) is 0 Å². The van der Waals surface area contributed by atoms with E-state index in [1.165, 1.54) is 30.3 Å². The largest absolute Gasteiger partial charge is 1.00 e. The predicted molar refractivity (Wildman–Crippen MR) is 55.5 cm³/mol. The van der Waals surface area contributed by atoms with E-state index in [1.54, 1.807) is 0 Å². The molecule has 1 atom stereocenters. The normalized spacial score (nSPS) is 17.2. The van der Waals surface area contributed by atoms with Gasteiger partial charge in [-0.1, -0.05) is 18.2 Å². The van der Waals surface area contributed by atoms with Gasteiger partial charge in [-0.3, -0.25) is 0 Å². The molecule has 1 unspecified atom stereocenters. The van der Waals surface area contributed by atoms with Gasteiger partial charge < -0.3 is 20.4 Å². The molecule has 1 aromatic carbocycles. The summed E-state index contributed by atoms with van der Waals surface area (Å²) in [7, 11) is 0. The number of aliphatic hydroxyl groups is 1. The van der Waals surface area contributed by atoms with Gasteiger partial charge in [-0.2, -0.15) is 0 Å². The van der Waals surface area contributed by atoms with Gasteiger partial charge in [0.05, 0.1) is 6.10 Å². The summed E-state index contributed by atoms with van der Waals surface area (Å²) in [5.74, 6) is -0.0498. The van der Waals surface area contributed by atoms with Crippen molar-refractivity contribution >= 4 is 0 Å². The fourth-order valence-corrected chi connectivity index (χ4v) is 1.35. The van der Waals surface area contributed by atoms with Crippen molar-refractivity contribution in [2.75, 3.05) is 0 Å². The zero-order chi connectivity index (χ0) is 12.0. The SMILES string of the molecule is [Na+].[Na+].[O-]C1=CC(O)CCC1.[O-]c1cccc(O)c1. The Bertz CT molecular complexity index is 352. The van der Waals surface area contributed by atoms with E-state index in [2.05, 4.69) is 0 Å². The molecule has 0 spiro atoms. The third-order valence-corrected chi connectivity index (χ3v) is 2.12. The van der Waals surface area contributed by atoms with Gasteiger partial charge in [0.2, 0.25) is 0 Å². The average molecular weight is 268 g/mol. The predicted octanol–water partition coefficient (Wildman–Crippen LogP) is -5.75. The van der Waals surface area contributed by atoms with Crippen LogP contribution in [0, 0.1) is 0 Å². The van der Waals surface area contributed by atoms with Crippen molar-refractivity contribution in [1.82, 2.24) is 0 Å². The van der Waals surface area contributed by atoms with E-state index >= 15 is 0 Å². The second-order valence-corrected chi connectivity index (χ2v) is 3.59. The molecule has 0 radical (unpaired) electrons. The van der Waals surface area contributed by atoms with Gasteiger partial charge >= 0.3 is 59.1 Å². The maximum Gasteiger partial charge on any atom is 1.00 e. The van der Waals surface area contributed by atoms with Crippen LogP contribution in [0.5, 0.6) is 11.5 Å². The van der Waals surface area contributed by atoms with Crippen LogP contribution in [0.4, 0.5) is 0 Å². The van der Waals surface area contributed by atoms with Crippen LogP contribution < -0.4 is 69.3 Å². The molecule has 4 nitrogen and oxygen atoms in total. The molecule has 0 fully saturated rings. The Labute approximate surface area is 151 Å². The molecule has 1 aliphatic carbocycles. The number of phenols is 1. The third-order valence-electron chi connectivity index (χ3n) is 2.12. The molecule has 88 valence electrons. The summed E-state index contributed by atoms with van der Waals surface area (Å²) in [4.78, 5) is 0. The Morgan fingerprint density at radius 3 is 2.17 bits per heavy atom. The Morgan fingerprint density at radius 2 is 1.83 bits per heavy atom. The molecule has 0 saturated heterocycles. The molecule has 6 heteroatoms. The minimum Gasteiger partial charge on any atom is -0.876 e. The summed E-state index contributed by atoms with van der Waals surface area (Å²) in [6, 6.07) is 5.53.